The van der Waals surface area contributed by atoms with Crippen molar-refractivity contribution < 1.29 is 14.4 Å². The molecule has 1 spiro atoms. The van der Waals surface area contributed by atoms with Crippen LogP contribution in [0.5, 0.6) is 0 Å². The minimum absolute atomic E-state index is 0.182. The minimum Gasteiger partial charge on any atom is -0.347 e. The number of piperidine rings is 1. The molecule has 21 heavy (non-hydrogen) atoms. The third-order valence-electron chi connectivity index (χ3n) is 6.53. The van der Waals surface area contributed by atoms with E-state index in [2.05, 4.69) is 0 Å². The van der Waals surface area contributed by atoms with Crippen molar-refractivity contribution in [3.63, 3.8) is 0 Å². The molecule has 0 bridgehead atoms. The average Bonchev–Trinajstić information content (AvgIpc) is 2.90. The zero-order valence-electron chi connectivity index (χ0n) is 13.4. The van der Waals surface area contributed by atoms with Crippen LogP contribution in [0.4, 0.5) is 0 Å². The fourth-order valence-corrected chi connectivity index (χ4v) is 5.37. The standard InChI is InChI=1S/C18H31NO2/c1-4-10-19(11-5-1)13-17-14-20-18(21-17)9-8-15-6-2-3-7-16(15)12-18/h15-17H,1-14H2/p+1/t15-,16+,17+,18-/m0/s1. The van der Waals surface area contributed by atoms with Crippen LogP contribution in [0.3, 0.4) is 0 Å². The van der Waals surface area contributed by atoms with E-state index in [0.717, 1.165) is 24.9 Å². The number of likely N-dealkylation sites (tertiary alicyclic amines) is 1. The van der Waals surface area contributed by atoms with E-state index < -0.39 is 0 Å². The highest BCUT2D eigenvalue weighted by atomic mass is 16.7. The van der Waals surface area contributed by atoms with Gasteiger partial charge in [-0.25, -0.2) is 0 Å². The largest absolute Gasteiger partial charge is 0.347 e. The van der Waals surface area contributed by atoms with Crippen molar-refractivity contribution in [2.75, 3.05) is 26.2 Å². The summed E-state index contributed by atoms with van der Waals surface area (Å²) in [5.74, 6) is 1.68. The summed E-state index contributed by atoms with van der Waals surface area (Å²) in [6, 6.07) is 0. The van der Waals surface area contributed by atoms with Gasteiger partial charge in [-0.15, -0.1) is 0 Å². The van der Waals surface area contributed by atoms with Crippen LogP contribution in [0.15, 0.2) is 0 Å². The minimum atomic E-state index is -0.182. The molecule has 2 heterocycles. The fraction of sp³-hybridized carbons (Fsp3) is 1.00. The molecular weight excluding hydrogens is 262 g/mol. The zero-order chi connectivity index (χ0) is 14.1. The predicted octanol–water partition coefficient (Wildman–Crippen LogP) is 2.16. The van der Waals surface area contributed by atoms with Crippen molar-refractivity contribution in [1.29, 1.82) is 0 Å². The number of hydrogen-bond acceptors (Lipinski definition) is 2. The van der Waals surface area contributed by atoms with Gasteiger partial charge >= 0.3 is 0 Å². The molecule has 0 aromatic heterocycles. The van der Waals surface area contributed by atoms with E-state index >= 15 is 0 Å². The van der Waals surface area contributed by atoms with Gasteiger partial charge in [-0.05, 0) is 43.9 Å². The normalized spacial score (nSPS) is 44.9. The van der Waals surface area contributed by atoms with Crippen LogP contribution in [0.1, 0.15) is 64.2 Å². The zero-order valence-corrected chi connectivity index (χ0v) is 13.4. The highest BCUT2D eigenvalue weighted by Crippen LogP contribution is 2.48. The lowest BCUT2D eigenvalue weighted by Gasteiger charge is -2.43. The van der Waals surface area contributed by atoms with E-state index in [1.54, 1.807) is 4.90 Å². The van der Waals surface area contributed by atoms with Gasteiger partial charge in [-0.2, -0.15) is 0 Å². The number of fused-ring (bicyclic) bond motifs is 1. The molecule has 0 aromatic rings. The van der Waals surface area contributed by atoms with Crippen molar-refractivity contribution >= 4 is 0 Å². The summed E-state index contributed by atoms with van der Waals surface area (Å²) in [5, 5.41) is 0. The van der Waals surface area contributed by atoms with Crippen LogP contribution in [-0.2, 0) is 9.47 Å². The van der Waals surface area contributed by atoms with Gasteiger partial charge in [0.25, 0.3) is 0 Å². The molecule has 2 aliphatic carbocycles. The lowest BCUT2D eigenvalue weighted by atomic mass is 9.69. The molecule has 2 aliphatic heterocycles. The molecule has 4 atom stereocenters. The number of rotatable bonds is 2. The van der Waals surface area contributed by atoms with Gasteiger partial charge in [0.1, 0.15) is 12.6 Å². The van der Waals surface area contributed by atoms with Crippen molar-refractivity contribution in [1.82, 2.24) is 0 Å². The molecule has 0 amide bonds. The molecule has 3 nitrogen and oxygen atoms in total. The van der Waals surface area contributed by atoms with Crippen LogP contribution >= 0.6 is 0 Å². The van der Waals surface area contributed by atoms with Gasteiger partial charge in [0.15, 0.2) is 5.79 Å². The van der Waals surface area contributed by atoms with Crippen molar-refractivity contribution in [2.24, 2.45) is 11.8 Å². The maximum absolute atomic E-state index is 6.50. The second kappa shape index (κ2) is 6.17. The maximum Gasteiger partial charge on any atom is 0.169 e. The Hall–Kier alpha value is -0.120. The summed E-state index contributed by atoms with van der Waals surface area (Å²) >= 11 is 0. The van der Waals surface area contributed by atoms with E-state index in [4.69, 9.17) is 9.47 Å². The van der Waals surface area contributed by atoms with E-state index in [9.17, 15) is 0 Å². The number of hydrogen-bond donors (Lipinski definition) is 1. The highest BCUT2D eigenvalue weighted by molar-refractivity contribution is 4.91. The first-order chi connectivity index (χ1) is 10.3. The molecule has 0 radical (unpaired) electrons. The van der Waals surface area contributed by atoms with Crippen LogP contribution in [-0.4, -0.2) is 38.1 Å². The number of quaternary nitrogens is 1. The first kappa shape index (κ1) is 14.5. The summed E-state index contributed by atoms with van der Waals surface area (Å²) in [4.78, 5) is 1.75. The summed E-state index contributed by atoms with van der Waals surface area (Å²) in [6.45, 7) is 4.71. The molecule has 4 rings (SSSR count). The molecule has 4 fully saturated rings. The topological polar surface area (TPSA) is 22.9 Å². The SMILES string of the molecule is C1CC[NH+](C[C@@H]2CO[C@@]3(CC[C@@H]4CCCC[C@@H]4C3)O2)CC1. The highest BCUT2D eigenvalue weighted by Gasteiger charge is 2.48. The quantitative estimate of drug-likeness (QED) is 0.843. The van der Waals surface area contributed by atoms with Crippen LogP contribution in [0, 0.1) is 11.8 Å². The van der Waals surface area contributed by atoms with Crippen LogP contribution in [0.2, 0.25) is 0 Å². The molecule has 0 aromatic carbocycles. The number of ether oxygens (including phenoxy) is 2. The Labute approximate surface area is 129 Å². The molecule has 2 saturated carbocycles. The fourth-order valence-electron chi connectivity index (χ4n) is 5.37. The Morgan fingerprint density at radius 3 is 2.57 bits per heavy atom. The Balaban J connectivity index is 1.32. The second-order valence-electron chi connectivity index (χ2n) is 8.02. The Bertz CT molecular complexity index is 355. The van der Waals surface area contributed by atoms with Gasteiger partial charge in [-0.1, -0.05) is 19.3 Å². The summed E-state index contributed by atoms with van der Waals surface area (Å²) < 4.78 is 12.7. The van der Waals surface area contributed by atoms with Gasteiger partial charge < -0.3 is 14.4 Å². The molecule has 4 aliphatic rings. The Morgan fingerprint density at radius 2 is 1.71 bits per heavy atom. The third kappa shape index (κ3) is 3.16. The van der Waals surface area contributed by atoms with Gasteiger partial charge in [-0.3, -0.25) is 0 Å². The number of nitrogens with one attached hydrogen (secondary N) is 1. The smallest absolute Gasteiger partial charge is 0.169 e. The summed E-state index contributed by atoms with van der Waals surface area (Å²) in [5.41, 5.74) is 0. The molecular formula is C18H32NO2+. The molecule has 2 saturated heterocycles. The van der Waals surface area contributed by atoms with Gasteiger partial charge in [0.2, 0.25) is 0 Å². The van der Waals surface area contributed by atoms with Crippen LogP contribution < -0.4 is 4.90 Å². The summed E-state index contributed by atoms with van der Waals surface area (Å²) in [6.07, 6.45) is 14.0. The van der Waals surface area contributed by atoms with E-state index in [-0.39, 0.29) is 5.79 Å². The van der Waals surface area contributed by atoms with E-state index in [1.165, 1.54) is 77.4 Å². The van der Waals surface area contributed by atoms with Gasteiger partial charge in [0, 0.05) is 12.8 Å². The molecule has 120 valence electrons. The average molecular weight is 294 g/mol. The molecule has 1 N–H and O–H groups in total. The third-order valence-corrected chi connectivity index (χ3v) is 6.53. The first-order valence-electron chi connectivity index (χ1n) is 9.48. The van der Waals surface area contributed by atoms with E-state index in [0.29, 0.717) is 6.10 Å². The monoisotopic (exact) mass is 294 g/mol. The van der Waals surface area contributed by atoms with Gasteiger partial charge in [0.05, 0.1) is 19.7 Å². The second-order valence-corrected chi connectivity index (χ2v) is 8.02. The maximum atomic E-state index is 6.50. The van der Waals surface area contributed by atoms with Crippen molar-refractivity contribution in [2.45, 2.75) is 76.1 Å². The van der Waals surface area contributed by atoms with Crippen LogP contribution in [0.25, 0.3) is 0 Å². The van der Waals surface area contributed by atoms with Crippen molar-refractivity contribution in [3.8, 4) is 0 Å². The first-order valence-corrected chi connectivity index (χ1v) is 9.48. The van der Waals surface area contributed by atoms with E-state index in [1.807, 2.05) is 0 Å². The summed E-state index contributed by atoms with van der Waals surface area (Å²) in [7, 11) is 0. The molecule has 3 heteroatoms. The molecule has 0 unspecified atom stereocenters. The predicted molar refractivity (Wildman–Crippen MR) is 82.3 cm³/mol. The lowest BCUT2D eigenvalue weighted by molar-refractivity contribution is -0.907. The Kier molecular flexibility index (Phi) is 4.25. The Morgan fingerprint density at radius 1 is 0.905 bits per heavy atom. The van der Waals surface area contributed by atoms with Crippen molar-refractivity contribution in [3.05, 3.63) is 0 Å². The lowest BCUT2D eigenvalue weighted by Crippen LogP contribution is -3.13.